The van der Waals surface area contributed by atoms with Crippen molar-refractivity contribution in [3.8, 4) is 11.5 Å². The van der Waals surface area contributed by atoms with Crippen LogP contribution in [0, 0.1) is 13.8 Å². The van der Waals surface area contributed by atoms with Crippen LogP contribution in [0.25, 0.3) is 0 Å². The first-order valence-electron chi connectivity index (χ1n) is 20.9. The molecule has 3 unspecified atom stereocenters. The quantitative estimate of drug-likeness (QED) is 0.0583. The highest BCUT2D eigenvalue weighted by Crippen LogP contribution is 2.50. The second kappa shape index (κ2) is 19.4. The van der Waals surface area contributed by atoms with Gasteiger partial charge >= 0.3 is 20.0 Å². The van der Waals surface area contributed by atoms with Gasteiger partial charge in [0, 0.05) is 36.4 Å². The van der Waals surface area contributed by atoms with Crippen molar-refractivity contribution >= 4 is 16.9 Å². The van der Waals surface area contributed by atoms with Gasteiger partial charge in [-0.15, -0.1) is 0 Å². The maximum atomic E-state index is 13.4. The summed E-state index contributed by atoms with van der Waals surface area (Å²) in [6.07, 6.45) is 0.0307. The molecule has 3 aromatic carbocycles. The molecule has 63 heavy (non-hydrogen) atoms. The molecule has 0 spiro atoms. The summed E-state index contributed by atoms with van der Waals surface area (Å²) in [6, 6.07) is 25.2. The molecule has 0 saturated carbocycles. The number of methoxy groups -OCH3 is 2. The van der Waals surface area contributed by atoms with Crippen LogP contribution in [0.3, 0.4) is 0 Å². The predicted octanol–water partition coefficient (Wildman–Crippen LogP) is 6.56. The summed E-state index contributed by atoms with van der Waals surface area (Å²) in [4.78, 5) is 55.6. The first-order chi connectivity index (χ1) is 30.1. The van der Waals surface area contributed by atoms with Crippen LogP contribution in [-0.4, -0.2) is 72.7 Å². The van der Waals surface area contributed by atoms with E-state index in [0.29, 0.717) is 35.5 Å². The minimum absolute atomic E-state index is 0.0725. The van der Waals surface area contributed by atoms with E-state index in [1.165, 1.54) is 21.5 Å². The van der Waals surface area contributed by atoms with Gasteiger partial charge in [-0.25, -0.2) is 9.59 Å². The highest BCUT2D eigenvalue weighted by atomic mass is 31.2. The summed E-state index contributed by atoms with van der Waals surface area (Å²) in [7, 11) is -1.14. The first kappa shape index (κ1) is 46.0. The molecule has 2 aromatic heterocycles. The van der Waals surface area contributed by atoms with Crippen molar-refractivity contribution in [2.24, 2.45) is 0 Å². The Balaban J connectivity index is 1.26. The molecule has 2 N–H and O–H groups in total. The molecule has 7 atom stereocenters. The maximum Gasteiger partial charge on any atom is 0.330 e. The SMILES string of the molecule is CC[C@H]1O[C@@H](n2cc(C)c(=O)[nH]c2=O)CC1OP(OC[C@H]1O[C@@H](n2cc(C)c(=O)[nH]c2=O)CC1OC(c1ccccc1)(c1ccc(OC)cc1)c1ccc(OC)cc1)O[Si](C)(C)C. The molecule has 5 aromatic rings. The summed E-state index contributed by atoms with van der Waals surface area (Å²) in [5, 5.41) is 0. The Labute approximate surface area is 367 Å². The zero-order chi connectivity index (χ0) is 45.1. The van der Waals surface area contributed by atoms with E-state index in [9.17, 15) is 19.2 Å². The van der Waals surface area contributed by atoms with Crippen molar-refractivity contribution in [1.82, 2.24) is 19.1 Å². The van der Waals surface area contributed by atoms with E-state index in [4.69, 9.17) is 36.9 Å². The van der Waals surface area contributed by atoms with Crippen LogP contribution in [0.5, 0.6) is 11.5 Å². The molecule has 18 heteroatoms. The lowest BCUT2D eigenvalue weighted by Gasteiger charge is -2.39. The van der Waals surface area contributed by atoms with Gasteiger partial charge in [0.2, 0.25) is 0 Å². The second-order valence-corrected chi connectivity index (χ2v) is 22.5. The molecule has 0 aliphatic carbocycles. The van der Waals surface area contributed by atoms with E-state index in [2.05, 4.69) is 9.97 Å². The second-order valence-electron chi connectivity index (χ2n) is 16.6. The molecule has 0 amide bonds. The van der Waals surface area contributed by atoms with Gasteiger partial charge in [-0.05, 0) is 80.9 Å². The number of aryl methyl sites for hydroxylation is 2. The number of rotatable bonds is 17. The summed E-state index contributed by atoms with van der Waals surface area (Å²) < 4.78 is 54.3. The van der Waals surface area contributed by atoms with Crippen molar-refractivity contribution in [2.45, 2.75) is 102 Å². The van der Waals surface area contributed by atoms with Crippen LogP contribution in [0.2, 0.25) is 19.6 Å². The molecule has 2 aliphatic heterocycles. The summed E-state index contributed by atoms with van der Waals surface area (Å²) in [6.45, 7) is 11.2. The maximum absolute atomic E-state index is 13.4. The minimum atomic E-state index is -2.32. The Morgan fingerprint density at radius 1 is 0.698 bits per heavy atom. The zero-order valence-electron chi connectivity index (χ0n) is 36.7. The van der Waals surface area contributed by atoms with Gasteiger partial charge in [0.25, 0.3) is 11.1 Å². The Bertz CT molecular complexity index is 2530. The number of hydrogen-bond acceptors (Lipinski definition) is 12. The normalized spacial score (nSPS) is 22.0. The van der Waals surface area contributed by atoms with E-state index < -0.39 is 81.9 Å². The molecule has 2 fully saturated rings. The van der Waals surface area contributed by atoms with Crippen LogP contribution in [0.15, 0.2) is 110 Å². The highest BCUT2D eigenvalue weighted by Gasteiger charge is 2.47. The molecule has 4 heterocycles. The van der Waals surface area contributed by atoms with Crippen molar-refractivity contribution in [2.75, 3.05) is 20.8 Å². The van der Waals surface area contributed by atoms with E-state index in [-0.39, 0.29) is 13.0 Å². The van der Waals surface area contributed by atoms with Gasteiger partial charge in [0.15, 0.2) is 8.32 Å². The predicted molar refractivity (Wildman–Crippen MR) is 239 cm³/mol. The van der Waals surface area contributed by atoms with Crippen molar-refractivity contribution in [3.63, 3.8) is 0 Å². The Morgan fingerprint density at radius 3 is 1.65 bits per heavy atom. The summed E-state index contributed by atoms with van der Waals surface area (Å²) in [5.41, 5.74) is -0.246. The number of nitrogens with one attached hydrogen (secondary N) is 2. The minimum Gasteiger partial charge on any atom is -0.497 e. The molecule has 0 bridgehead atoms. The van der Waals surface area contributed by atoms with E-state index in [1.807, 2.05) is 105 Å². The number of benzene rings is 3. The molecule has 2 aliphatic rings. The van der Waals surface area contributed by atoms with E-state index in [0.717, 1.165) is 16.7 Å². The Hall–Kier alpha value is -4.97. The van der Waals surface area contributed by atoms with Crippen LogP contribution in [0.1, 0.15) is 66.5 Å². The van der Waals surface area contributed by atoms with Gasteiger partial charge < -0.3 is 36.9 Å². The van der Waals surface area contributed by atoms with E-state index in [1.54, 1.807) is 28.1 Å². The number of aromatic amines is 2. The smallest absolute Gasteiger partial charge is 0.330 e. The number of aromatic nitrogens is 4. The summed E-state index contributed by atoms with van der Waals surface area (Å²) >= 11 is 0. The first-order valence-corrected chi connectivity index (χ1v) is 25.4. The lowest BCUT2D eigenvalue weighted by molar-refractivity contribution is -0.0981. The number of nitrogens with zero attached hydrogens (tertiary/aromatic N) is 2. The molecule has 0 radical (unpaired) electrons. The van der Waals surface area contributed by atoms with Crippen LogP contribution >= 0.6 is 8.60 Å². The molecule has 2 saturated heterocycles. The fourth-order valence-electron chi connectivity index (χ4n) is 7.89. The largest absolute Gasteiger partial charge is 0.497 e. The Kier molecular flexibility index (Phi) is 14.2. The van der Waals surface area contributed by atoms with Crippen molar-refractivity contribution < 1.29 is 36.9 Å². The fourth-order valence-corrected chi connectivity index (χ4v) is 10.8. The monoisotopic (exact) mass is 902 g/mol. The van der Waals surface area contributed by atoms with Crippen molar-refractivity contribution in [3.05, 3.63) is 161 Å². The third-order valence-corrected chi connectivity index (χ3v) is 14.7. The third-order valence-electron chi connectivity index (χ3n) is 11.1. The van der Waals surface area contributed by atoms with Crippen LogP contribution < -0.4 is 32.0 Å². The van der Waals surface area contributed by atoms with Gasteiger partial charge in [-0.2, -0.15) is 0 Å². The number of H-pyrrole nitrogens is 2. The van der Waals surface area contributed by atoms with Gasteiger partial charge in [0.05, 0.1) is 39.1 Å². The third kappa shape index (κ3) is 10.2. The van der Waals surface area contributed by atoms with Gasteiger partial charge in [-0.1, -0.05) is 61.5 Å². The lowest BCUT2D eigenvalue weighted by atomic mass is 9.79. The standard InChI is InChI=1S/C45H55N4O12PSi/c1-9-35-37(24-40(57-35)49-26-29(3)42(51)47-44(49)53)60-62(61-63(6,7)8)56-27-38-36(23-39(58-38)48-25-28(2)41(50)46-43(48)52)59-45(30-13-11-10-12-14-30,31-15-19-33(54-4)20-16-31)32-17-21-34(55-5)22-18-32/h10-22,25-26,35-40H,9,23-24,27H2,1-8H3,(H,46,50,52)(H,47,51,53)/t35-,36?,37?,38-,39-,40-,62?/m1/s1. The van der Waals surface area contributed by atoms with E-state index >= 15 is 0 Å². The van der Waals surface area contributed by atoms with Gasteiger partial charge in [-0.3, -0.25) is 28.7 Å². The van der Waals surface area contributed by atoms with Crippen LogP contribution in [0.4, 0.5) is 0 Å². The Morgan fingerprint density at radius 2 is 1.17 bits per heavy atom. The molecule has 336 valence electrons. The lowest BCUT2D eigenvalue weighted by Crippen LogP contribution is -2.41. The number of hydrogen-bond donors (Lipinski definition) is 2. The highest BCUT2D eigenvalue weighted by molar-refractivity contribution is 7.43. The average molecular weight is 903 g/mol. The number of ether oxygens (including phenoxy) is 5. The van der Waals surface area contributed by atoms with Gasteiger partial charge in [0.1, 0.15) is 35.7 Å². The zero-order valence-corrected chi connectivity index (χ0v) is 38.6. The molecular weight excluding hydrogens is 848 g/mol. The molecular formula is C45H55N4O12PSi. The van der Waals surface area contributed by atoms with Crippen molar-refractivity contribution in [1.29, 1.82) is 0 Å². The average Bonchev–Trinajstić information content (AvgIpc) is 3.87. The summed E-state index contributed by atoms with van der Waals surface area (Å²) in [5.74, 6) is 1.33. The molecule has 16 nitrogen and oxygen atoms in total. The topological polar surface area (TPSA) is 184 Å². The van der Waals surface area contributed by atoms with Crippen LogP contribution in [-0.2, 0) is 33.1 Å². The fraction of sp³-hybridized carbons (Fsp3) is 0.422. The molecule has 7 rings (SSSR count).